The van der Waals surface area contributed by atoms with Crippen molar-refractivity contribution in [1.29, 1.82) is 0 Å². The summed E-state index contributed by atoms with van der Waals surface area (Å²) >= 11 is 1.86. The molecule has 0 bridgehead atoms. The molecule has 11 rings (SSSR count). The van der Waals surface area contributed by atoms with E-state index in [1.54, 1.807) is 0 Å². The highest BCUT2D eigenvalue weighted by Gasteiger charge is 2.21. The second-order valence-corrected chi connectivity index (χ2v) is 15.3. The predicted molar refractivity (Wildman–Crippen MR) is 235 cm³/mol. The normalized spacial score (nSPS) is 14.4. The Morgan fingerprint density at radius 3 is 1.62 bits per heavy atom. The van der Waals surface area contributed by atoms with E-state index in [0.29, 0.717) is 5.84 Å². The van der Waals surface area contributed by atoms with Crippen LogP contribution < -0.4 is 5.32 Å². The third-order valence-electron chi connectivity index (χ3n) is 10.9. The minimum atomic E-state index is -0.246. The van der Waals surface area contributed by atoms with Gasteiger partial charge in [0.1, 0.15) is 12.0 Å². The van der Waals surface area contributed by atoms with Crippen molar-refractivity contribution in [3.05, 3.63) is 205 Å². The largest absolute Gasteiger partial charge is 0.344 e. The molecule has 1 unspecified atom stereocenters. The van der Waals surface area contributed by atoms with Crippen LogP contribution in [0.4, 0.5) is 0 Å². The number of thiophene rings is 1. The van der Waals surface area contributed by atoms with Gasteiger partial charge in [0, 0.05) is 31.3 Å². The zero-order valence-corrected chi connectivity index (χ0v) is 30.6. The van der Waals surface area contributed by atoms with Crippen LogP contribution in [0, 0.1) is 0 Å². The van der Waals surface area contributed by atoms with Crippen LogP contribution in [-0.2, 0) is 0 Å². The first-order chi connectivity index (χ1) is 27.2. The average molecular weight is 720 g/mol. The van der Waals surface area contributed by atoms with Crippen LogP contribution in [0.3, 0.4) is 0 Å². The molecule has 1 aromatic heterocycles. The van der Waals surface area contributed by atoms with Crippen molar-refractivity contribution in [2.45, 2.75) is 6.17 Å². The fourth-order valence-corrected chi connectivity index (χ4v) is 9.27. The molecule has 2 heterocycles. The van der Waals surface area contributed by atoms with Gasteiger partial charge in [0.25, 0.3) is 0 Å². The van der Waals surface area contributed by atoms with E-state index in [1.165, 1.54) is 63.6 Å². The molecule has 55 heavy (non-hydrogen) atoms. The van der Waals surface area contributed by atoms with Gasteiger partial charge in [-0.25, -0.2) is 9.98 Å². The number of rotatable bonds is 5. The van der Waals surface area contributed by atoms with Crippen LogP contribution in [0.2, 0.25) is 0 Å². The second kappa shape index (κ2) is 12.9. The van der Waals surface area contributed by atoms with Gasteiger partial charge in [-0.2, -0.15) is 0 Å². The highest BCUT2D eigenvalue weighted by Crippen LogP contribution is 2.41. The number of hydrogen-bond acceptors (Lipinski definition) is 4. The molecular formula is C51H33N3S. The van der Waals surface area contributed by atoms with Gasteiger partial charge in [0.15, 0.2) is 5.84 Å². The molecule has 1 N–H and O–H groups in total. The molecule has 10 aromatic rings. The Kier molecular flexibility index (Phi) is 7.42. The van der Waals surface area contributed by atoms with Crippen LogP contribution in [0.15, 0.2) is 198 Å². The molecule has 0 radical (unpaired) electrons. The molecule has 1 aliphatic rings. The molecule has 4 heteroatoms. The van der Waals surface area contributed by atoms with Gasteiger partial charge in [-0.3, -0.25) is 0 Å². The third-order valence-corrected chi connectivity index (χ3v) is 12.1. The molecule has 0 saturated heterocycles. The highest BCUT2D eigenvalue weighted by molar-refractivity contribution is 7.25. The van der Waals surface area contributed by atoms with Crippen molar-refractivity contribution >= 4 is 75.5 Å². The van der Waals surface area contributed by atoms with E-state index >= 15 is 0 Å². The Balaban J connectivity index is 1.03. The van der Waals surface area contributed by atoms with Crippen molar-refractivity contribution in [3.63, 3.8) is 0 Å². The zero-order chi connectivity index (χ0) is 36.3. The molecule has 0 fully saturated rings. The number of fused-ring (bicyclic) bond motifs is 9. The minimum absolute atomic E-state index is 0.246. The molecule has 0 amide bonds. The third kappa shape index (κ3) is 5.50. The van der Waals surface area contributed by atoms with Crippen molar-refractivity contribution in [2.24, 2.45) is 9.98 Å². The number of aliphatic imine (C=N–C) groups is 2. The maximum atomic E-state index is 5.14. The van der Waals surface area contributed by atoms with E-state index in [0.717, 1.165) is 33.7 Å². The topological polar surface area (TPSA) is 36.8 Å². The molecule has 1 aliphatic heterocycles. The number of amidine groups is 2. The van der Waals surface area contributed by atoms with Crippen LogP contribution in [0.25, 0.3) is 74.7 Å². The van der Waals surface area contributed by atoms with Gasteiger partial charge in [-0.15, -0.1) is 11.3 Å². The predicted octanol–water partition coefficient (Wildman–Crippen LogP) is 13.3. The van der Waals surface area contributed by atoms with E-state index < -0.39 is 0 Å². The molecule has 258 valence electrons. The maximum Gasteiger partial charge on any atom is 0.159 e. The zero-order valence-electron chi connectivity index (χ0n) is 29.8. The van der Waals surface area contributed by atoms with Crippen LogP contribution in [0.1, 0.15) is 22.9 Å². The number of hydrogen-bond donors (Lipinski definition) is 1. The van der Waals surface area contributed by atoms with E-state index in [1.807, 2.05) is 35.6 Å². The van der Waals surface area contributed by atoms with Gasteiger partial charge >= 0.3 is 0 Å². The van der Waals surface area contributed by atoms with Crippen molar-refractivity contribution in [2.75, 3.05) is 0 Å². The minimum Gasteiger partial charge on any atom is -0.344 e. The number of benzene rings is 9. The Bertz CT molecular complexity index is 3180. The quantitative estimate of drug-likeness (QED) is 0.177. The summed E-state index contributed by atoms with van der Waals surface area (Å²) in [6.45, 7) is 0. The Morgan fingerprint density at radius 1 is 0.364 bits per heavy atom. The highest BCUT2D eigenvalue weighted by atomic mass is 32.1. The van der Waals surface area contributed by atoms with Crippen LogP contribution in [-0.4, -0.2) is 11.7 Å². The standard InChI is InChI=1S/C51H33N3S/c1-3-12-32(13-4-1)49-52-50(33-14-5-2-6-15-33)54-51(53-49)38-17-11-16-34(28-38)35-22-25-41-39-18-7-8-19-40(39)44-30-36(23-26-42(44)45(41)29-35)37-24-27-48-46(31-37)43-20-9-10-21-47(43)55-48/h1-31,49H,(H,52,53,54). The van der Waals surface area contributed by atoms with E-state index in [2.05, 4.69) is 169 Å². The van der Waals surface area contributed by atoms with Gasteiger partial charge in [0.2, 0.25) is 0 Å². The summed E-state index contributed by atoms with van der Waals surface area (Å²) in [5.74, 6) is 1.53. The van der Waals surface area contributed by atoms with Crippen molar-refractivity contribution in [1.82, 2.24) is 5.32 Å². The van der Waals surface area contributed by atoms with Crippen molar-refractivity contribution in [3.8, 4) is 22.3 Å². The molecule has 3 nitrogen and oxygen atoms in total. The Labute approximate surface area is 322 Å². The van der Waals surface area contributed by atoms with Crippen LogP contribution >= 0.6 is 11.3 Å². The van der Waals surface area contributed by atoms with Crippen molar-refractivity contribution < 1.29 is 0 Å². The Morgan fingerprint density at radius 2 is 0.873 bits per heavy atom. The summed E-state index contributed by atoms with van der Waals surface area (Å²) in [4.78, 5) is 10.2. The first-order valence-electron chi connectivity index (χ1n) is 18.7. The SMILES string of the molecule is c1ccc(C2=NC(c3cccc(-c4ccc5c6ccccc6c6cc(-c7ccc8sc9ccccc9c8c7)ccc6c5c4)c3)=NC(c3ccccc3)N2)cc1. The summed E-state index contributed by atoms with van der Waals surface area (Å²) in [5, 5.41) is 13.8. The number of nitrogens with one attached hydrogen (secondary N) is 1. The van der Waals surface area contributed by atoms with Gasteiger partial charge in [-0.1, -0.05) is 152 Å². The first kappa shape index (κ1) is 31.6. The summed E-state index contributed by atoms with van der Waals surface area (Å²) in [6.07, 6.45) is -0.246. The molecule has 0 saturated carbocycles. The van der Waals surface area contributed by atoms with Gasteiger partial charge in [0.05, 0.1) is 0 Å². The monoisotopic (exact) mass is 719 g/mol. The summed E-state index contributed by atoms with van der Waals surface area (Å²) in [6, 6.07) is 67.7. The van der Waals surface area contributed by atoms with Gasteiger partial charge in [-0.05, 0) is 96.5 Å². The fourth-order valence-electron chi connectivity index (χ4n) is 8.19. The lowest BCUT2D eigenvalue weighted by atomic mass is 9.90. The molecular weight excluding hydrogens is 687 g/mol. The van der Waals surface area contributed by atoms with E-state index in [-0.39, 0.29) is 6.17 Å². The van der Waals surface area contributed by atoms with Crippen LogP contribution in [0.5, 0.6) is 0 Å². The lowest BCUT2D eigenvalue weighted by molar-refractivity contribution is 0.674. The smallest absolute Gasteiger partial charge is 0.159 e. The lowest BCUT2D eigenvalue weighted by Crippen LogP contribution is -2.33. The Hall–Kier alpha value is -6.88. The fraction of sp³-hybridized carbons (Fsp3) is 0.0196. The molecule has 0 aliphatic carbocycles. The first-order valence-corrected chi connectivity index (χ1v) is 19.5. The van der Waals surface area contributed by atoms with E-state index in [9.17, 15) is 0 Å². The summed E-state index contributed by atoms with van der Waals surface area (Å²) in [5.41, 5.74) is 7.86. The van der Waals surface area contributed by atoms with E-state index in [4.69, 9.17) is 9.98 Å². The molecule has 9 aromatic carbocycles. The summed E-state index contributed by atoms with van der Waals surface area (Å²) in [7, 11) is 0. The lowest BCUT2D eigenvalue weighted by Gasteiger charge is -2.23. The average Bonchev–Trinajstić information content (AvgIpc) is 3.65. The molecule has 1 atom stereocenters. The maximum absolute atomic E-state index is 5.14. The van der Waals surface area contributed by atoms with Gasteiger partial charge < -0.3 is 5.32 Å². The number of nitrogens with zero attached hydrogens (tertiary/aromatic N) is 2. The second-order valence-electron chi connectivity index (χ2n) is 14.2. The summed E-state index contributed by atoms with van der Waals surface area (Å²) < 4.78 is 2.65. The molecule has 0 spiro atoms.